The molecule has 1 unspecified atom stereocenters. The van der Waals surface area contributed by atoms with E-state index in [4.69, 9.17) is 16.3 Å². The molecule has 1 fully saturated rings. The molecule has 2 aromatic rings. The van der Waals surface area contributed by atoms with Crippen molar-refractivity contribution in [3.63, 3.8) is 0 Å². The van der Waals surface area contributed by atoms with Crippen molar-refractivity contribution in [1.82, 2.24) is 19.9 Å². The number of piperidine rings is 1. The highest BCUT2D eigenvalue weighted by Gasteiger charge is 2.22. The van der Waals surface area contributed by atoms with Crippen LogP contribution in [-0.4, -0.2) is 40.1 Å². The maximum Gasteiger partial charge on any atom is 0.232 e. The number of aromatic nitrogens is 3. The van der Waals surface area contributed by atoms with E-state index in [1.165, 1.54) is 12.8 Å². The molecule has 0 aliphatic carbocycles. The van der Waals surface area contributed by atoms with Crippen LogP contribution in [0.2, 0.25) is 5.02 Å². The minimum atomic E-state index is 0.465. The predicted octanol–water partition coefficient (Wildman–Crippen LogP) is 3.22. The number of rotatable bonds is 4. The van der Waals surface area contributed by atoms with Gasteiger partial charge >= 0.3 is 0 Å². The molecular weight excluding hydrogens is 312 g/mol. The lowest BCUT2D eigenvalue weighted by atomic mass is 9.94. The fourth-order valence-electron chi connectivity index (χ4n) is 3.10. The zero-order valence-electron chi connectivity index (χ0n) is 13.5. The van der Waals surface area contributed by atoms with Gasteiger partial charge in [-0.3, -0.25) is 4.90 Å². The monoisotopic (exact) mass is 332 g/mol. The number of hydrogen-bond donors (Lipinski definition) is 0. The zero-order chi connectivity index (χ0) is 16.2. The summed E-state index contributed by atoms with van der Waals surface area (Å²) >= 11 is 6.17. The zero-order valence-corrected chi connectivity index (χ0v) is 14.3. The third kappa shape index (κ3) is 3.98. The van der Waals surface area contributed by atoms with Crippen molar-refractivity contribution in [2.75, 3.05) is 20.2 Å². The van der Waals surface area contributed by atoms with Gasteiger partial charge in [-0.25, -0.2) is 15.0 Å². The van der Waals surface area contributed by atoms with Gasteiger partial charge in [0.25, 0.3) is 0 Å². The average molecular weight is 333 g/mol. The molecule has 122 valence electrons. The summed E-state index contributed by atoms with van der Waals surface area (Å²) in [5, 5.41) is 0.560. The second-order valence-corrected chi connectivity index (χ2v) is 6.34. The van der Waals surface area contributed by atoms with Crippen LogP contribution in [0.25, 0.3) is 0 Å². The van der Waals surface area contributed by atoms with Gasteiger partial charge in [-0.1, -0.05) is 11.6 Å². The molecule has 0 amide bonds. The summed E-state index contributed by atoms with van der Waals surface area (Å²) in [6.07, 6.45) is 6.03. The van der Waals surface area contributed by atoms with E-state index >= 15 is 0 Å². The Morgan fingerprint density at radius 1 is 1.39 bits per heavy atom. The first-order chi connectivity index (χ1) is 11.2. The molecule has 0 saturated carbocycles. The van der Waals surface area contributed by atoms with Gasteiger partial charge in [-0.2, -0.15) is 0 Å². The lowest BCUT2D eigenvalue weighted by molar-refractivity contribution is 0.198. The fraction of sp³-hybridized carbons (Fsp3) is 0.471. The third-order valence-corrected chi connectivity index (χ3v) is 4.46. The smallest absolute Gasteiger partial charge is 0.232 e. The molecule has 1 aliphatic rings. The fourth-order valence-corrected chi connectivity index (χ4v) is 3.37. The molecule has 23 heavy (non-hydrogen) atoms. The van der Waals surface area contributed by atoms with E-state index in [1.54, 1.807) is 7.11 Å². The standard InChI is InChI=1S/C17H21ClN4O/c1-12-19-6-5-16(21-12)14-4-3-7-22(11-14)10-13-8-15(18)17(23-2)20-9-13/h5-6,8-9,14H,3-4,7,10-11H2,1-2H3. The van der Waals surface area contributed by atoms with Crippen molar-refractivity contribution in [2.24, 2.45) is 0 Å². The highest BCUT2D eigenvalue weighted by molar-refractivity contribution is 6.31. The lowest BCUT2D eigenvalue weighted by Crippen LogP contribution is -2.34. The van der Waals surface area contributed by atoms with Crippen LogP contribution in [-0.2, 0) is 6.54 Å². The Labute approximate surface area is 141 Å². The summed E-state index contributed by atoms with van der Waals surface area (Å²) in [5.74, 6) is 1.78. The maximum absolute atomic E-state index is 6.17. The minimum absolute atomic E-state index is 0.465. The molecule has 1 saturated heterocycles. The predicted molar refractivity (Wildman–Crippen MR) is 89.8 cm³/mol. The van der Waals surface area contributed by atoms with Crippen LogP contribution in [0.5, 0.6) is 5.88 Å². The quantitative estimate of drug-likeness (QED) is 0.860. The SMILES string of the molecule is COc1ncc(CN2CCCC(c3ccnc(C)n3)C2)cc1Cl. The molecule has 0 aromatic carbocycles. The van der Waals surface area contributed by atoms with Gasteiger partial charge in [0, 0.05) is 37.1 Å². The first-order valence-electron chi connectivity index (χ1n) is 7.86. The number of pyridine rings is 1. The molecule has 1 atom stereocenters. The molecule has 5 nitrogen and oxygen atoms in total. The van der Waals surface area contributed by atoms with Gasteiger partial charge in [0.1, 0.15) is 10.8 Å². The Bertz CT molecular complexity index is 679. The summed E-state index contributed by atoms with van der Waals surface area (Å²) in [5.41, 5.74) is 2.25. The number of likely N-dealkylation sites (tertiary alicyclic amines) is 1. The lowest BCUT2D eigenvalue weighted by Gasteiger charge is -2.32. The number of aryl methyl sites for hydroxylation is 1. The number of hydrogen-bond acceptors (Lipinski definition) is 5. The van der Waals surface area contributed by atoms with Gasteiger partial charge in [0.15, 0.2) is 0 Å². The van der Waals surface area contributed by atoms with Crippen molar-refractivity contribution in [1.29, 1.82) is 0 Å². The summed E-state index contributed by atoms with van der Waals surface area (Å²) < 4.78 is 5.11. The topological polar surface area (TPSA) is 51.1 Å². The Hall–Kier alpha value is -1.72. The van der Waals surface area contributed by atoms with Crippen LogP contribution in [0, 0.1) is 6.92 Å². The molecule has 0 N–H and O–H groups in total. The van der Waals surface area contributed by atoms with E-state index < -0.39 is 0 Å². The minimum Gasteiger partial charge on any atom is -0.480 e. The summed E-state index contributed by atoms with van der Waals surface area (Å²) in [6.45, 7) is 4.87. The molecule has 3 heterocycles. The summed E-state index contributed by atoms with van der Waals surface area (Å²) in [6, 6.07) is 3.97. The van der Waals surface area contributed by atoms with Crippen LogP contribution < -0.4 is 4.74 Å². The maximum atomic E-state index is 6.17. The molecule has 6 heteroatoms. The second kappa shape index (κ2) is 7.23. The number of ether oxygens (including phenoxy) is 1. The van der Waals surface area contributed by atoms with Crippen LogP contribution in [0.3, 0.4) is 0 Å². The van der Waals surface area contributed by atoms with Crippen molar-refractivity contribution < 1.29 is 4.74 Å². The van der Waals surface area contributed by atoms with Crippen LogP contribution in [0.15, 0.2) is 24.5 Å². The largest absolute Gasteiger partial charge is 0.480 e. The molecular formula is C17H21ClN4O. The van der Waals surface area contributed by atoms with Gasteiger partial charge in [0.05, 0.1) is 7.11 Å². The number of nitrogens with zero attached hydrogens (tertiary/aromatic N) is 4. The Balaban J connectivity index is 1.68. The summed E-state index contributed by atoms with van der Waals surface area (Å²) in [4.78, 5) is 15.5. The van der Waals surface area contributed by atoms with E-state index in [1.807, 2.05) is 31.5 Å². The first-order valence-corrected chi connectivity index (χ1v) is 8.24. The Morgan fingerprint density at radius 2 is 2.26 bits per heavy atom. The van der Waals surface area contributed by atoms with Crippen molar-refractivity contribution in [2.45, 2.75) is 32.2 Å². The molecule has 3 rings (SSSR count). The Morgan fingerprint density at radius 3 is 3.00 bits per heavy atom. The number of halogens is 1. The highest BCUT2D eigenvalue weighted by atomic mass is 35.5. The first kappa shape index (κ1) is 16.1. The van der Waals surface area contributed by atoms with E-state index in [9.17, 15) is 0 Å². The molecule has 1 aliphatic heterocycles. The Kier molecular flexibility index (Phi) is 5.08. The second-order valence-electron chi connectivity index (χ2n) is 5.94. The van der Waals surface area contributed by atoms with Crippen LogP contribution >= 0.6 is 11.6 Å². The third-order valence-electron chi connectivity index (χ3n) is 4.18. The van der Waals surface area contributed by atoms with Crippen molar-refractivity contribution in [3.8, 4) is 5.88 Å². The van der Waals surface area contributed by atoms with E-state index in [0.29, 0.717) is 16.8 Å². The van der Waals surface area contributed by atoms with Crippen molar-refractivity contribution in [3.05, 3.63) is 46.6 Å². The van der Waals surface area contributed by atoms with Crippen molar-refractivity contribution >= 4 is 11.6 Å². The van der Waals surface area contributed by atoms with E-state index in [0.717, 1.165) is 36.7 Å². The number of methoxy groups -OCH3 is 1. The van der Waals surface area contributed by atoms with Gasteiger partial charge in [-0.05, 0) is 44.0 Å². The van der Waals surface area contributed by atoms with Gasteiger partial charge in [-0.15, -0.1) is 0 Å². The molecule has 0 spiro atoms. The van der Waals surface area contributed by atoms with E-state index in [2.05, 4.69) is 19.9 Å². The summed E-state index contributed by atoms with van der Waals surface area (Å²) in [7, 11) is 1.58. The molecule has 0 radical (unpaired) electrons. The average Bonchev–Trinajstić information content (AvgIpc) is 2.55. The normalized spacial score (nSPS) is 18.8. The van der Waals surface area contributed by atoms with Gasteiger partial charge < -0.3 is 4.74 Å². The van der Waals surface area contributed by atoms with Gasteiger partial charge in [0.2, 0.25) is 5.88 Å². The van der Waals surface area contributed by atoms with E-state index in [-0.39, 0.29) is 0 Å². The highest BCUT2D eigenvalue weighted by Crippen LogP contribution is 2.27. The molecule has 2 aromatic heterocycles. The van der Waals surface area contributed by atoms with Crippen LogP contribution in [0.1, 0.15) is 35.8 Å². The molecule has 0 bridgehead atoms. The van der Waals surface area contributed by atoms with Crippen LogP contribution in [0.4, 0.5) is 0 Å².